The zero-order valence-electron chi connectivity index (χ0n) is 16.5. The number of carboxylic acids is 1. The van der Waals surface area contributed by atoms with Gasteiger partial charge < -0.3 is 9.67 Å². The highest BCUT2D eigenvalue weighted by molar-refractivity contribution is 7.89. The maximum Gasteiger partial charge on any atom is 0.305 e. The number of aliphatic carboxylic acids is 1. The largest absolute Gasteiger partial charge is 0.481 e. The number of carboxylic acid groups (broad SMARTS) is 1. The molecule has 4 rings (SSSR count). The SMILES string of the molecule is CN(C1CCc2c(c3cccnc3n2CCC(=O)O)C1)S(=O)(=O)c1ccc(F)cc1. The molecule has 0 aliphatic heterocycles. The molecular weight excluding hydrogens is 409 g/mol. The first-order valence-corrected chi connectivity index (χ1v) is 11.1. The summed E-state index contributed by atoms with van der Waals surface area (Å²) in [6, 6.07) is 8.34. The van der Waals surface area contributed by atoms with Crippen LogP contribution < -0.4 is 0 Å². The molecule has 1 atom stereocenters. The number of aryl methyl sites for hydroxylation is 1. The standard InChI is InChI=1S/C21H22FN3O4S/c1-24(30(28,29)16-7-4-14(22)5-8-16)15-6-9-19-18(13-15)17-3-2-11-23-21(17)25(19)12-10-20(26)27/h2-5,7-8,11,15H,6,9-10,12-13H2,1H3,(H,26,27). The lowest BCUT2D eigenvalue weighted by Crippen LogP contribution is -2.40. The summed E-state index contributed by atoms with van der Waals surface area (Å²) in [7, 11) is -2.21. The molecule has 0 fully saturated rings. The zero-order chi connectivity index (χ0) is 21.5. The number of nitrogens with zero attached hydrogens (tertiary/aromatic N) is 3. The summed E-state index contributed by atoms with van der Waals surface area (Å²) in [5.74, 6) is -1.36. The van der Waals surface area contributed by atoms with Crippen LogP contribution in [0.4, 0.5) is 4.39 Å². The van der Waals surface area contributed by atoms with Gasteiger partial charge in [0, 0.05) is 36.9 Å². The quantitative estimate of drug-likeness (QED) is 0.648. The molecule has 1 aliphatic carbocycles. The Kier molecular flexibility index (Phi) is 5.33. The number of hydrogen-bond acceptors (Lipinski definition) is 4. The van der Waals surface area contributed by atoms with Gasteiger partial charge in [-0.2, -0.15) is 4.31 Å². The number of aromatic nitrogens is 2. The third kappa shape index (κ3) is 3.59. The summed E-state index contributed by atoms with van der Waals surface area (Å²) in [5.41, 5.74) is 2.77. The molecular formula is C21H22FN3O4S. The summed E-state index contributed by atoms with van der Waals surface area (Å²) < 4.78 is 42.6. The second-order valence-electron chi connectivity index (χ2n) is 7.47. The summed E-state index contributed by atoms with van der Waals surface area (Å²) in [6.45, 7) is 0.326. The van der Waals surface area contributed by atoms with E-state index in [4.69, 9.17) is 5.11 Å². The number of likely N-dealkylation sites (N-methyl/N-ethyl adjacent to an activating group) is 1. The van der Waals surface area contributed by atoms with E-state index in [1.165, 1.54) is 16.4 Å². The van der Waals surface area contributed by atoms with Crippen molar-refractivity contribution in [3.05, 3.63) is 59.7 Å². The average molecular weight is 431 g/mol. The van der Waals surface area contributed by atoms with Gasteiger partial charge in [0.25, 0.3) is 0 Å². The number of halogens is 1. The minimum absolute atomic E-state index is 0.00489. The van der Waals surface area contributed by atoms with Crippen LogP contribution in [0.3, 0.4) is 0 Å². The Morgan fingerprint density at radius 2 is 2.03 bits per heavy atom. The molecule has 3 aromatic rings. The fourth-order valence-electron chi connectivity index (χ4n) is 4.18. The van der Waals surface area contributed by atoms with Crippen LogP contribution in [-0.2, 0) is 34.2 Å². The number of carbonyl (C=O) groups is 1. The van der Waals surface area contributed by atoms with Gasteiger partial charge in [-0.05, 0) is 61.2 Å². The van der Waals surface area contributed by atoms with Crippen molar-refractivity contribution >= 4 is 27.0 Å². The molecule has 7 nitrogen and oxygen atoms in total. The van der Waals surface area contributed by atoms with Crippen molar-refractivity contribution in [3.8, 4) is 0 Å². The Hall–Kier alpha value is -2.78. The van der Waals surface area contributed by atoms with Crippen molar-refractivity contribution in [1.82, 2.24) is 13.9 Å². The smallest absolute Gasteiger partial charge is 0.305 e. The molecule has 0 saturated heterocycles. The third-order valence-corrected chi connectivity index (χ3v) is 7.67. The number of fused-ring (bicyclic) bond motifs is 3. The van der Waals surface area contributed by atoms with Crippen molar-refractivity contribution in [1.29, 1.82) is 0 Å². The number of benzene rings is 1. The fraction of sp³-hybridized carbons (Fsp3) is 0.333. The van der Waals surface area contributed by atoms with E-state index in [1.807, 2.05) is 16.7 Å². The van der Waals surface area contributed by atoms with Crippen LogP contribution in [0.15, 0.2) is 47.5 Å². The molecule has 1 unspecified atom stereocenters. The third-order valence-electron chi connectivity index (χ3n) is 5.75. The Morgan fingerprint density at radius 1 is 1.30 bits per heavy atom. The van der Waals surface area contributed by atoms with Gasteiger partial charge in [-0.25, -0.2) is 17.8 Å². The number of hydrogen-bond donors (Lipinski definition) is 1. The van der Waals surface area contributed by atoms with Gasteiger partial charge in [0.1, 0.15) is 11.5 Å². The Morgan fingerprint density at radius 3 is 2.73 bits per heavy atom. The fourth-order valence-corrected chi connectivity index (χ4v) is 5.56. The normalized spacial score (nSPS) is 16.7. The Balaban J connectivity index is 1.67. The van der Waals surface area contributed by atoms with E-state index in [-0.39, 0.29) is 17.4 Å². The van der Waals surface area contributed by atoms with Gasteiger partial charge in [0.05, 0.1) is 11.3 Å². The highest BCUT2D eigenvalue weighted by Gasteiger charge is 2.33. The van der Waals surface area contributed by atoms with Crippen molar-refractivity contribution in [3.63, 3.8) is 0 Å². The highest BCUT2D eigenvalue weighted by atomic mass is 32.2. The lowest BCUT2D eigenvalue weighted by molar-refractivity contribution is -0.137. The van der Waals surface area contributed by atoms with E-state index < -0.39 is 21.8 Å². The van der Waals surface area contributed by atoms with Crippen LogP contribution in [0.5, 0.6) is 0 Å². The highest BCUT2D eigenvalue weighted by Crippen LogP contribution is 2.34. The van der Waals surface area contributed by atoms with Crippen molar-refractivity contribution < 1.29 is 22.7 Å². The van der Waals surface area contributed by atoms with Crippen LogP contribution in [-0.4, -0.2) is 46.4 Å². The predicted octanol–water partition coefficient (Wildman–Crippen LogP) is 2.83. The van der Waals surface area contributed by atoms with Crippen molar-refractivity contribution in [2.75, 3.05) is 7.05 Å². The first kappa shape index (κ1) is 20.5. The van der Waals surface area contributed by atoms with Crippen LogP contribution in [0, 0.1) is 5.82 Å². The van der Waals surface area contributed by atoms with Crippen molar-refractivity contribution in [2.45, 2.75) is 43.2 Å². The van der Waals surface area contributed by atoms with E-state index in [9.17, 15) is 17.6 Å². The second-order valence-corrected chi connectivity index (χ2v) is 9.46. The molecule has 1 aliphatic rings. The monoisotopic (exact) mass is 431 g/mol. The minimum atomic E-state index is -3.76. The van der Waals surface area contributed by atoms with Crippen LogP contribution in [0.25, 0.3) is 11.0 Å². The molecule has 1 N–H and O–H groups in total. The molecule has 0 radical (unpaired) electrons. The lowest BCUT2D eigenvalue weighted by atomic mass is 9.91. The molecule has 2 aromatic heterocycles. The number of pyridine rings is 1. The van der Waals surface area contributed by atoms with Crippen LogP contribution in [0.2, 0.25) is 0 Å². The average Bonchev–Trinajstić information content (AvgIpc) is 3.05. The first-order chi connectivity index (χ1) is 14.3. The maximum atomic E-state index is 13.2. The van der Waals surface area contributed by atoms with Gasteiger partial charge in [0.2, 0.25) is 10.0 Å². The second kappa shape index (κ2) is 7.81. The lowest BCUT2D eigenvalue weighted by Gasteiger charge is -2.31. The maximum absolute atomic E-state index is 13.2. The summed E-state index contributed by atoms with van der Waals surface area (Å²) in [4.78, 5) is 15.6. The Labute approximate surface area is 173 Å². The van der Waals surface area contributed by atoms with E-state index in [2.05, 4.69) is 4.98 Å². The molecule has 0 amide bonds. The van der Waals surface area contributed by atoms with Crippen molar-refractivity contribution in [2.24, 2.45) is 0 Å². The molecule has 2 heterocycles. The van der Waals surface area contributed by atoms with Crippen LogP contribution in [0.1, 0.15) is 24.1 Å². The zero-order valence-corrected chi connectivity index (χ0v) is 17.3. The molecule has 0 saturated carbocycles. The molecule has 9 heteroatoms. The van der Waals surface area contributed by atoms with E-state index in [0.29, 0.717) is 25.8 Å². The first-order valence-electron chi connectivity index (χ1n) is 9.69. The van der Waals surface area contributed by atoms with Crippen LogP contribution >= 0.6 is 0 Å². The van der Waals surface area contributed by atoms with Gasteiger partial charge in [-0.3, -0.25) is 4.79 Å². The molecule has 1 aromatic carbocycles. The minimum Gasteiger partial charge on any atom is -0.481 e. The van der Waals surface area contributed by atoms with Gasteiger partial charge in [-0.1, -0.05) is 0 Å². The molecule has 0 spiro atoms. The summed E-state index contributed by atoms with van der Waals surface area (Å²) in [5, 5.41) is 10.0. The number of rotatable bonds is 6. The summed E-state index contributed by atoms with van der Waals surface area (Å²) in [6.07, 6.45) is 3.41. The van der Waals surface area contributed by atoms with Gasteiger partial charge >= 0.3 is 5.97 Å². The number of sulfonamides is 1. The van der Waals surface area contributed by atoms with E-state index in [0.717, 1.165) is 34.4 Å². The summed E-state index contributed by atoms with van der Waals surface area (Å²) >= 11 is 0. The predicted molar refractivity (Wildman–Crippen MR) is 109 cm³/mol. The van der Waals surface area contributed by atoms with Gasteiger partial charge in [-0.15, -0.1) is 0 Å². The molecule has 30 heavy (non-hydrogen) atoms. The Bertz CT molecular complexity index is 1200. The van der Waals surface area contributed by atoms with Gasteiger partial charge in [0.15, 0.2) is 0 Å². The molecule has 158 valence electrons. The molecule has 0 bridgehead atoms. The topological polar surface area (TPSA) is 92.5 Å². The van der Waals surface area contributed by atoms with E-state index >= 15 is 0 Å². The van der Waals surface area contributed by atoms with E-state index in [1.54, 1.807) is 13.2 Å².